The molecule has 2 aliphatic heterocycles. The van der Waals surface area contributed by atoms with Crippen LogP contribution in [0.5, 0.6) is 0 Å². The van der Waals surface area contributed by atoms with E-state index in [4.69, 9.17) is 18.9 Å². The van der Waals surface area contributed by atoms with E-state index in [1.807, 2.05) is 0 Å². The highest BCUT2D eigenvalue weighted by Crippen LogP contribution is 2.29. The van der Waals surface area contributed by atoms with Gasteiger partial charge < -0.3 is 49.6 Å². The van der Waals surface area contributed by atoms with Gasteiger partial charge in [0, 0.05) is 6.42 Å². The second-order valence-corrected chi connectivity index (χ2v) is 6.75. The first kappa shape index (κ1) is 23.3. The van der Waals surface area contributed by atoms with E-state index in [1.165, 1.54) is 0 Å². The van der Waals surface area contributed by atoms with Gasteiger partial charge in [-0.2, -0.15) is 0 Å². The average molecular weight is 414 g/mol. The van der Waals surface area contributed by atoms with Gasteiger partial charge in [0.25, 0.3) is 0 Å². The molecule has 0 aromatic heterocycles. The van der Waals surface area contributed by atoms with Crippen molar-refractivity contribution in [2.45, 2.75) is 81.2 Å². The quantitative estimate of drug-likeness (QED) is 0.233. The van der Waals surface area contributed by atoms with Crippen molar-refractivity contribution in [1.82, 2.24) is 0 Å². The van der Waals surface area contributed by atoms with Crippen LogP contribution in [-0.4, -0.2) is 111 Å². The molecule has 28 heavy (non-hydrogen) atoms. The van der Waals surface area contributed by atoms with Crippen LogP contribution in [0.25, 0.3) is 0 Å². The average Bonchev–Trinajstić information content (AvgIpc) is 2.67. The molecule has 0 unspecified atom stereocenters. The third kappa shape index (κ3) is 5.14. The Kier molecular flexibility index (Phi) is 8.48. The van der Waals surface area contributed by atoms with E-state index >= 15 is 0 Å². The number of hydrogen-bond acceptors (Lipinski definition) is 11. The second-order valence-electron chi connectivity index (χ2n) is 6.75. The molecule has 0 aromatic rings. The summed E-state index contributed by atoms with van der Waals surface area (Å²) < 4.78 is 33.6. The van der Waals surface area contributed by atoms with Gasteiger partial charge in [0.2, 0.25) is 0 Å². The van der Waals surface area contributed by atoms with Crippen LogP contribution in [0.2, 0.25) is 0 Å². The third-order valence-electron chi connectivity index (χ3n) is 4.63. The predicted octanol–water partition coefficient (Wildman–Crippen LogP) is -3.07. The van der Waals surface area contributed by atoms with Gasteiger partial charge in [-0.05, 0) is 6.42 Å². The van der Waals surface area contributed by atoms with Crippen molar-refractivity contribution >= 4 is 5.97 Å². The normalized spacial score (nSPS) is 44.3. The fraction of sp³-hybridized carbons (Fsp3) is 0.938. The molecule has 0 radical (unpaired) electrons. The molecular weight excluding hydrogens is 387 g/mol. The maximum atomic E-state index is 13.2. The second kappa shape index (κ2) is 10.2. The number of aliphatic hydroxyl groups excluding tert-OH is 6. The van der Waals surface area contributed by atoms with Gasteiger partial charge in [-0.1, -0.05) is 6.92 Å². The molecule has 11 nitrogen and oxygen atoms in total. The van der Waals surface area contributed by atoms with E-state index in [0.717, 1.165) is 0 Å². The highest BCUT2D eigenvalue weighted by Gasteiger charge is 2.50. The molecule has 164 valence electrons. The predicted molar refractivity (Wildman–Crippen MR) is 86.3 cm³/mol. The Hall–Kier alpha value is -0.960. The van der Waals surface area contributed by atoms with Crippen LogP contribution in [0.1, 0.15) is 19.8 Å². The highest BCUT2D eigenvalue weighted by atomic mass is 19.1. The summed E-state index contributed by atoms with van der Waals surface area (Å²) >= 11 is 0. The Bertz CT molecular complexity index is 507. The first-order valence-electron chi connectivity index (χ1n) is 8.97. The molecule has 0 saturated carbocycles. The Balaban J connectivity index is 2.06. The van der Waals surface area contributed by atoms with Crippen LogP contribution in [0, 0.1) is 0 Å². The van der Waals surface area contributed by atoms with E-state index in [-0.39, 0.29) is 6.42 Å². The van der Waals surface area contributed by atoms with E-state index in [0.29, 0.717) is 6.42 Å². The number of rotatable bonds is 7. The molecule has 12 heteroatoms. The van der Waals surface area contributed by atoms with E-state index in [1.54, 1.807) is 6.92 Å². The molecule has 6 N–H and O–H groups in total. The summed E-state index contributed by atoms with van der Waals surface area (Å²) in [5.74, 6) is -0.554. The fourth-order valence-electron chi connectivity index (χ4n) is 2.99. The maximum absolute atomic E-state index is 13.2. The lowest BCUT2D eigenvalue weighted by atomic mass is 9.97. The van der Waals surface area contributed by atoms with Crippen molar-refractivity contribution in [2.24, 2.45) is 0 Å². The number of carbonyl (C=O) groups excluding carboxylic acids is 1. The molecule has 0 spiro atoms. The van der Waals surface area contributed by atoms with Crippen LogP contribution in [0.15, 0.2) is 0 Å². The molecular formula is C16H27FO11. The Morgan fingerprint density at radius 2 is 1.61 bits per heavy atom. The van der Waals surface area contributed by atoms with Gasteiger partial charge in [-0.15, -0.1) is 0 Å². The molecule has 2 rings (SSSR count). The van der Waals surface area contributed by atoms with Crippen molar-refractivity contribution in [3.63, 3.8) is 0 Å². The summed E-state index contributed by atoms with van der Waals surface area (Å²) in [6.07, 6.45) is -15.9. The minimum absolute atomic E-state index is 0.137. The van der Waals surface area contributed by atoms with E-state index < -0.39 is 80.7 Å². The van der Waals surface area contributed by atoms with Crippen molar-refractivity contribution in [1.29, 1.82) is 0 Å². The standard InChI is InChI=1S/C16H27FO11/c1-2-3-8(18)25-5-7-9(19)10(20)13(23)16(27-7)28-14-6(4-17)26-15(24)12(22)11(14)21/h6-7,9-16,19-24H,2-5H2,1H3/t6-,7-,9+,10+,11-,12-,13-,14-,15-,16+/m1/s1. The zero-order valence-electron chi connectivity index (χ0n) is 15.2. The van der Waals surface area contributed by atoms with Gasteiger partial charge in [-0.3, -0.25) is 4.79 Å². The molecule has 2 heterocycles. The third-order valence-corrected chi connectivity index (χ3v) is 4.63. The summed E-state index contributed by atoms with van der Waals surface area (Å²) in [5.41, 5.74) is 0. The van der Waals surface area contributed by atoms with Gasteiger partial charge in [0.15, 0.2) is 12.6 Å². The molecule has 2 fully saturated rings. The minimum atomic E-state index is -1.84. The molecule has 0 aromatic carbocycles. The van der Waals surface area contributed by atoms with E-state index in [2.05, 4.69) is 0 Å². The summed E-state index contributed by atoms with van der Waals surface area (Å²) in [7, 11) is 0. The van der Waals surface area contributed by atoms with Gasteiger partial charge in [0.1, 0.15) is 62.1 Å². The molecule has 10 atom stereocenters. The summed E-state index contributed by atoms with van der Waals surface area (Å²) in [6.45, 7) is 0.125. The Morgan fingerprint density at radius 3 is 2.21 bits per heavy atom. The molecule has 0 aliphatic carbocycles. The zero-order chi connectivity index (χ0) is 21.0. The first-order valence-corrected chi connectivity index (χ1v) is 8.97. The molecule has 0 bridgehead atoms. The van der Waals surface area contributed by atoms with Crippen molar-refractivity contribution < 1.29 is 58.8 Å². The van der Waals surface area contributed by atoms with Crippen LogP contribution in [0.3, 0.4) is 0 Å². The van der Waals surface area contributed by atoms with Crippen LogP contribution in [-0.2, 0) is 23.7 Å². The van der Waals surface area contributed by atoms with Crippen molar-refractivity contribution in [3.05, 3.63) is 0 Å². The summed E-state index contributed by atoms with van der Waals surface area (Å²) in [5, 5.41) is 59.3. The number of aliphatic hydroxyl groups is 6. The molecule has 2 aliphatic rings. The van der Waals surface area contributed by atoms with Crippen molar-refractivity contribution in [3.8, 4) is 0 Å². The van der Waals surface area contributed by atoms with Gasteiger partial charge in [-0.25, -0.2) is 4.39 Å². The van der Waals surface area contributed by atoms with Crippen molar-refractivity contribution in [2.75, 3.05) is 13.3 Å². The zero-order valence-corrected chi connectivity index (χ0v) is 15.2. The number of ether oxygens (including phenoxy) is 4. The molecule has 0 amide bonds. The fourth-order valence-corrected chi connectivity index (χ4v) is 2.99. The van der Waals surface area contributed by atoms with Crippen LogP contribution in [0.4, 0.5) is 4.39 Å². The highest BCUT2D eigenvalue weighted by molar-refractivity contribution is 5.69. The first-order chi connectivity index (χ1) is 13.2. The number of esters is 1. The summed E-state index contributed by atoms with van der Waals surface area (Å²) in [6, 6.07) is 0. The Labute approximate surface area is 160 Å². The van der Waals surface area contributed by atoms with Crippen LogP contribution < -0.4 is 0 Å². The maximum Gasteiger partial charge on any atom is 0.305 e. The topological polar surface area (TPSA) is 175 Å². The number of alkyl halides is 1. The SMILES string of the molecule is CCCC(=O)OC[C@H]1O[C@@H](O[C@H]2[C@H](O)[C@@H](O)[C@H](O)O[C@@H]2CF)[C@H](O)[C@@H](O)[C@H]1O. The minimum Gasteiger partial charge on any atom is -0.463 e. The smallest absolute Gasteiger partial charge is 0.305 e. The number of carbonyl (C=O) groups is 1. The van der Waals surface area contributed by atoms with E-state index in [9.17, 15) is 39.8 Å². The van der Waals surface area contributed by atoms with Gasteiger partial charge in [0.05, 0.1) is 0 Å². The number of halogens is 1. The van der Waals surface area contributed by atoms with Crippen LogP contribution >= 0.6 is 0 Å². The number of hydrogen-bond donors (Lipinski definition) is 6. The monoisotopic (exact) mass is 414 g/mol. The largest absolute Gasteiger partial charge is 0.463 e. The van der Waals surface area contributed by atoms with Gasteiger partial charge >= 0.3 is 5.97 Å². The lowest BCUT2D eigenvalue weighted by Crippen LogP contribution is -2.64. The summed E-state index contributed by atoms with van der Waals surface area (Å²) in [4.78, 5) is 11.5. The molecule has 2 saturated heterocycles. The Morgan fingerprint density at radius 1 is 0.929 bits per heavy atom. The lowest BCUT2D eigenvalue weighted by Gasteiger charge is -2.45. The lowest BCUT2D eigenvalue weighted by molar-refractivity contribution is -0.354.